The van der Waals surface area contributed by atoms with Crippen LogP contribution in [0.5, 0.6) is 0 Å². The van der Waals surface area contributed by atoms with E-state index in [0.717, 1.165) is 17.1 Å². The van der Waals surface area contributed by atoms with Crippen molar-refractivity contribution in [3.8, 4) is 33.4 Å². The Kier molecular flexibility index (Phi) is 7.55. The van der Waals surface area contributed by atoms with Crippen molar-refractivity contribution in [2.75, 3.05) is 4.90 Å². The lowest BCUT2D eigenvalue weighted by molar-refractivity contribution is 1.28. The van der Waals surface area contributed by atoms with Crippen LogP contribution < -0.4 is 4.90 Å². The minimum Gasteiger partial charge on any atom is -0.309 e. The van der Waals surface area contributed by atoms with Crippen LogP contribution >= 0.6 is 0 Å². The van der Waals surface area contributed by atoms with Gasteiger partial charge in [-0.2, -0.15) is 0 Å². The van der Waals surface area contributed by atoms with Gasteiger partial charge in [-0.15, -0.1) is 0 Å². The minimum absolute atomic E-state index is 1.10. The Labute approximate surface area is 309 Å². The van der Waals surface area contributed by atoms with Crippen LogP contribution in [-0.2, 0) is 0 Å². The SMILES string of the molecule is c1ccc(-c2cccc(N(c3ccccc3-c3ccc4c(ccc5ccccc54)c3)c3ccccc3-c3ccc4c(ccc5ccccc54)c3)c2)cc1. The molecule has 248 valence electrons. The van der Waals surface area contributed by atoms with Gasteiger partial charge in [0.2, 0.25) is 0 Å². The summed E-state index contributed by atoms with van der Waals surface area (Å²) in [6.45, 7) is 0. The summed E-state index contributed by atoms with van der Waals surface area (Å²) in [6.07, 6.45) is 0. The third-order valence-electron chi connectivity index (χ3n) is 10.6. The maximum absolute atomic E-state index is 2.45. The molecule has 10 rings (SSSR count). The van der Waals surface area contributed by atoms with Gasteiger partial charge in [-0.1, -0.05) is 176 Å². The number of nitrogens with zero attached hydrogens (tertiary/aromatic N) is 1. The molecule has 0 bridgehead atoms. The van der Waals surface area contributed by atoms with Gasteiger partial charge in [0.15, 0.2) is 0 Å². The zero-order valence-corrected chi connectivity index (χ0v) is 29.2. The van der Waals surface area contributed by atoms with E-state index in [1.807, 2.05) is 0 Å². The second kappa shape index (κ2) is 13.0. The number of para-hydroxylation sites is 2. The molecule has 0 N–H and O–H groups in total. The summed E-state index contributed by atoms with van der Waals surface area (Å²) in [7, 11) is 0. The molecule has 10 aromatic carbocycles. The largest absolute Gasteiger partial charge is 0.309 e. The van der Waals surface area contributed by atoms with Gasteiger partial charge in [-0.05, 0) is 102 Å². The van der Waals surface area contributed by atoms with Gasteiger partial charge >= 0.3 is 0 Å². The summed E-state index contributed by atoms with van der Waals surface area (Å²) in [5.74, 6) is 0. The Hall–Kier alpha value is -6.96. The molecule has 0 radical (unpaired) electrons. The van der Waals surface area contributed by atoms with Gasteiger partial charge in [-0.25, -0.2) is 0 Å². The predicted molar refractivity (Wildman–Crippen MR) is 227 cm³/mol. The number of benzene rings is 10. The number of rotatable bonds is 6. The van der Waals surface area contributed by atoms with Crippen molar-refractivity contribution in [1.29, 1.82) is 0 Å². The molecule has 1 heteroatoms. The van der Waals surface area contributed by atoms with E-state index in [-0.39, 0.29) is 0 Å². The van der Waals surface area contributed by atoms with E-state index in [1.165, 1.54) is 76.5 Å². The Morgan fingerprint density at radius 1 is 0.245 bits per heavy atom. The number of fused-ring (bicyclic) bond motifs is 6. The van der Waals surface area contributed by atoms with E-state index in [0.29, 0.717) is 0 Å². The fourth-order valence-corrected chi connectivity index (χ4v) is 8.05. The van der Waals surface area contributed by atoms with Crippen LogP contribution in [0.4, 0.5) is 17.1 Å². The predicted octanol–water partition coefficient (Wildman–Crippen LogP) is 14.8. The van der Waals surface area contributed by atoms with Crippen LogP contribution in [-0.4, -0.2) is 0 Å². The van der Waals surface area contributed by atoms with Gasteiger partial charge in [0, 0.05) is 16.8 Å². The highest BCUT2D eigenvalue weighted by molar-refractivity contribution is 6.10. The van der Waals surface area contributed by atoms with Gasteiger partial charge in [0.1, 0.15) is 0 Å². The smallest absolute Gasteiger partial charge is 0.0540 e. The lowest BCUT2D eigenvalue weighted by atomic mass is 9.94. The topological polar surface area (TPSA) is 3.24 Å². The molecule has 10 aromatic rings. The Balaban J connectivity index is 1.18. The molecule has 0 unspecified atom stereocenters. The summed E-state index contributed by atoms with van der Waals surface area (Å²) >= 11 is 0. The molecule has 0 spiro atoms. The first-order valence-corrected chi connectivity index (χ1v) is 18.3. The first-order chi connectivity index (χ1) is 26.3. The summed E-state index contributed by atoms with van der Waals surface area (Å²) in [6, 6.07) is 77.4. The van der Waals surface area contributed by atoms with Crippen LogP contribution in [0.3, 0.4) is 0 Å². The van der Waals surface area contributed by atoms with Crippen molar-refractivity contribution in [3.05, 3.63) is 212 Å². The molecule has 0 aromatic heterocycles. The molecular weight excluding hydrogens is 639 g/mol. The summed E-state index contributed by atoms with van der Waals surface area (Å²) in [5, 5.41) is 10.1. The fraction of sp³-hybridized carbons (Fsp3) is 0. The van der Waals surface area contributed by atoms with Gasteiger partial charge in [0.25, 0.3) is 0 Å². The van der Waals surface area contributed by atoms with E-state index in [2.05, 4.69) is 217 Å². The van der Waals surface area contributed by atoms with Crippen molar-refractivity contribution in [3.63, 3.8) is 0 Å². The average molecular weight is 674 g/mol. The van der Waals surface area contributed by atoms with Gasteiger partial charge in [0.05, 0.1) is 11.4 Å². The van der Waals surface area contributed by atoms with E-state index >= 15 is 0 Å². The van der Waals surface area contributed by atoms with E-state index in [4.69, 9.17) is 0 Å². The van der Waals surface area contributed by atoms with Gasteiger partial charge < -0.3 is 4.90 Å². The monoisotopic (exact) mass is 673 g/mol. The minimum atomic E-state index is 1.10. The van der Waals surface area contributed by atoms with Crippen molar-refractivity contribution >= 4 is 60.2 Å². The molecule has 53 heavy (non-hydrogen) atoms. The quantitative estimate of drug-likeness (QED) is 0.159. The molecule has 0 saturated heterocycles. The van der Waals surface area contributed by atoms with Crippen molar-refractivity contribution in [1.82, 2.24) is 0 Å². The average Bonchev–Trinajstić information content (AvgIpc) is 3.24. The lowest BCUT2D eigenvalue weighted by Crippen LogP contribution is -2.12. The summed E-state index contributed by atoms with van der Waals surface area (Å²) in [5.41, 5.74) is 10.4. The highest BCUT2D eigenvalue weighted by Gasteiger charge is 2.21. The molecule has 0 aliphatic rings. The first kappa shape index (κ1) is 30.8. The molecule has 0 aliphatic heterocycles. The molecule has 1 nitrogen and oxygen atoms in total. The second-order valence-corrected chi connectivity index (χ2v) is 13.7. The molecule has 0 saturated carbocycles. The third-order valence-corrected chi connectivity index (χ3v) is 10.6. The van der Waals surface area contributed by atoms with Crippen LogP contribution in [0.1, 0.15) is 0 Å². The summed E-state index contributed by atoms with van der Waals surface area (Å²) in [4.78, 5) is 2.45. The normalized spacial score (nSPS) is 11.4. The highest BCUT2D eigenvalue weighted by atomic mass is 15.1. The number of anilines is 3. The Bertz CT molecular complexity index is 2800. The van der Waals surface area contributed by atoms with E-state index in [1.54, 1.807) is 0 Å². The third kappa shape index (κ3) is 5.51. The Morgan fingerprint density at radius 3 is 1.28 bits per heavy atom. The zero-order valence-electron chi connectivity index (χ0n) is 29.2. The maximum atomic E-state index is 2.45. The molecular formula is C52H35N. The summed E-state index contributed by atoms with van der Waals surface area (Å²) < 4.78 is 0. The van der Waals surface area contributed by atoms with Crippen LogP contribution in [0.2, 0.25) is 0 Å². The molecule has 0 amide bonds. The lowest BCUT2D eigenvalue weighted by Gasteiger charge is -2.30. The first-order valence-electron chi connectivity index (χ1n) is 18.3. The fourth-order valence-electron chi connectivity index (χ4n) is 8.05. The van der Waals surface area contributed by atoms with Crippen molar-refractivity contribution < 1.29 is 0 Å². The van der Waals surface area contributed by atoms with Crippen LogP contribution in [0.15, 0.2) is 212 Å². The standard InChI is InChI=1S/C52H35N/c1-2-13-36(14-3-1)39-17-12-18-44(35-39)53(51-23-10-8-21-49(51)42-29-31-47-40(33-42)27-25-37-15-4-6-19-45(37)47)52-24-11-9-22-50(52)43-30-32-48-41(34-43)28-26-38-16-5-7-20-46(38)48/h1-35H. The molecule has 0 atom stereocenters. The van der Waals surface area contributed by atoms with Crippen LogP contribution in [0, 0.1) is 0 Å². The van der Waals surface area contributed by atoms with E-state index in [9.17, 15) is 0 Å². The zero-order chi connectivity index (χ0) is 35.1. The number of hydrogen-bond acceptors (Lipinski definition) is 1. The van der Waals surface area contributed by atoms with Crippen molar-refractivity contribution in [2.24, 2.45) is 0 Å². The van der Waals surface area contributed by atoms with Crippen molar-refractivity contribution in [2.45, 2.75) is 0 Å². The van der Waals surface area contributed by atoms with E-state index < -0.39 is 0 Å². The molecule has 0 aliphatic carbocycles. The highest BCUT2D eigenvalue weighted by Crippen LogP contribution is 2.46. The number of hydrogen-bond donors (Lipinski definition) is 0. The second-order valence-electron chi connectivity index (χ2n) is 13.7. The van der Waals surface area contributed by atoms with Gasteiger partial charge in [-0.3, -0.25) is 0 Å². The molecule has 0 heterocycles. The maximum Gasteiger partial charge on any atom is 0.0540 e. The van der Waals surface area contributed by atoms with Crippen LogP contribution in [0.25, 0.3) is 76.5 Å². The Morgan fingerprint density at radius 2 is 0.698 bits per heavy atom. The molecule has 0 fully saturated rings.